The molecular weight excluding hydrogens is 310 g/mol. The van der Waals surface area contributed by atoms with E-state index < -0.39 is 0 Å². The van der Waals surface area contributed by atoms with Crippen LogP contribution < -0.4 is 0 Å². The zero-order valence-corrected chi connectivity index (χ0v) is 12.4. The summed E-state index contributed by atoms with van der Waals surface area (Å²) in [6.45, 7) is 2.58. The van der Waals surface area contributed by atoms with E-state index in [-0.39, 0.29) is 6.61 Å². The van der Waals surface area contributed by atoms with Crippen molar-refractivity contribution in [2.45, 2.75) is 26.1 Å². The molecule has 3 heterocycles. The number of aliphatic hydroxyl groups excluding tert-OH is 1. The number of nitrogens with zero attached hydrogens (tertiary/aromatic N) is 3. The fourth-order valence-corrected chi connectivity index (χ4v) is 2.98. The van der Waals surface area contributed by atoms with E-state index in [1.165, 1.54) is 11.3 Å². The van der Waals surface area contributed by atoms with E-state index in [1.807, 2.05) is 23.9 Å². The SMILES string of the molecule is Cn1nc(CO)c2c1CCN(Cc1ccc(Br)o1)C2. The van der Waals surface area contributed by atoms with E-state index in [2.05, 4.69) is 25.9 Å². The second-order valence-corrected chi connectivity index (χ2v) is 5.60. The van der Waals surface area contributed by atoms with Gasteiger partial charge in [0.15, 0.2) is 4.67 Å². The maximum Gasteiger partial charge on any atom is 0.169 e. The second kappa shape index (κ2) is 5.11. The molecule has 0 saturated carbocycles. The molecule has 2 aromatic rings. The van der Waals surface area contributed by atoms with Gasteiger partial charge in [-0.15, -0.1) is 0 Å². The molecule has 0 bridgehead atoms. The molecule has 0 fully saturated rings. The van der Waals surface area contributed by atoms with Gasteiger partial charge in [-0.3, -0.25) is 9.58 Å². The fraction of sp³-hybridized carbons (Fsp3) is 0.462. The van der Waals surface area contributed by atoms with E-state index in [0.29, 0.717) is 0 Å². The van der Waals surface area contributed by atoms with Crippen LogP contribution >= 0.6 is 15.9 Å². The molecule has 3 rings (SSSR count). The van der Waals surface area contributed by atoms with Crippen LogP contribution in [0.3, 0.4) is 0 Å². The number of aryl methyl sites for hydroxylation is 1. The molecule has 0 radical (unpaired) electrons. The summed E-state index contributed by atoms with van der Waals surface area (Å²) < 4.78 is 8.19. The maximum atomic E-state index is 9.37. The van der Waals surface area contributed by atoms with Crippen molar-refractivity contribution in [2.75, 3.05) is 6.54 Å². The Bertz CT molecular complexity index is 591. The van der Waals surface area contributed by atoms with Crippen molar-refractivity contribution in [3.8, 4) is 0 Å². The Kier molecular flexibility index (Phi) is 3.47. The molecule has 2 aromatic heterocycles. The molecule has 1 aliphatic rings. The van der Waals surface area contributed by atoms with Crippen LogP contribution in [-0.2, 0) is 33.2 Å². The first-order valence-corrected chi connectivity index (χ1v) is 7.07. The summed E-state index contributed by atoms with van der Waals surface area (Å²) in [6, 6.07) is 3.89. The van der Waals surface area contributed by atoms with Crippen LogP contribution in [0.15, 0.2) is 21.2 Å². The quantitative estimate of drug-likeness (QED) is 0.935. The number of furan rings is 1. The number of halogens is 1. The fourth-order valence-electron chi connectivity index (χ4n) is 2.64. The Balaban J connectivity index is 1.78. The van der Waals surface area contributed by atoms with Gasteiger partial charge in [-0.25, -0.2) is 0 Å². The predicted molar refractivity (Wildman–Crippen MR) is 73.4 cm³/mol. The lowest BCUT2D eigenvalue weighted by molar-refractivity contribution is 0.218. The monoisotopic (exact) mass is 325 g/mol. The maximum absolute atomic E-state index is 9.37. The van der Waals surface area contributed by atoms with Gasteiger partial charge in [0.05, 0.1) is 18.8 Å². The number of hydrogen-bond donors (Lipinski definition) is 1. The highest BCUT2D eigenvalue weighted by atomic mass is 79.9. The summed E-state index contributed by atoms with van der Waals surface area (Å²) in [5.41, 5.74) is 3.20. The van der Waals surface area contributed by atoms with Crippen molar-refractivity contribution in [3.63, 3.8) is 0 Å². The first-order chi connectivity index (χ1) is 9.17. The lowest BCUT2D eigenvalue weighted by Crippen LogP contribution is -2.30. The van der Waals surface area contributed by atoms with Crippen LogP contribution in [0.5, 0.6) is 0 Å². The first-order valence-electron chi connectivity index (χ1n) is 6.28. The second-order valence-electron chi connectivity index (χ2n) is 4.82. The summed E-state index contributed by atoms with van der Waals surface area (Å²) in [4.78, 5) is 2.31. The van der Waals surface area contributed by atoms with Crippen molar-refractivity contribution in [2.24, 2.45) is 7.05 Å². The topological polar surface area (TPSA) is 54.4 Å². The molecule has 0 amide bonds. The molecule has 102 valence electrons. The minimum Gasteiger partial charge on any atom is -0.453 e. The smallest absolute Gasteiger partial charge is 0.169 e. The van der Waals surface area contributed by atoms with Gasteiger partial charge in [0.25, 0.3) is 0 Å². The largest absolute Gasteiger partial charge is 0.453 e. The molecular formula is C13H16BrN3O2. The highest BCUT2D eigenvalue weighted by Crippen LogP contribution is 2.24. The third-order valence-electron chi connectivity index (χ3n) is 3.56. The predicted octanol–water partition coefficient (Wildman–Crippen LogP) is 1.83. The van der Waals surface area contributed by atoms with E-state index in [4.69, 9.17) is 4.42 Å². The summed E-state index contributed by atoms with van der Waals surface area (Å²) >= 11 is 3.32. The van der Waals surface area contributed by atoms with Gasteiger partial charge >= 0.3 is 0 Å². The van der Waals surface area contributed by atoms with Crippen LogP contribution in [0.25, 0.3) is 0 Å². The number of fused-ring (bicyclic) bond motifs is 1. The average Bonchev–Trinajstić information content (AvgIpc) is 2.94. The van der Waals surface area contributed by atoms with Gasteiger partial charge in [0.1, 0.15) is 5.76 Å². The Hall–Kier alpha value is -1.11. The normalized spacial score (nSPS) is 15.7. The summed E-state index contributed by atoms with van der Waals surface area (Å²) in [7, 11) is 1.94. The molecule has 0 aliphatic carbocycles. The molecule has 5 nitrogen and oxygen atoms in total. The lowest BCUT2D eigenvalue weighted by Gasteiger charge is -2.26. The molecule has 19 heavy (non-hydrogen) atoms. The number of aromatic nitrogens is 2. The van der Waals surface area contributed by atoms with E-state index in [1.54, 1.807) is 0 Å². The third-order valence-corrected chi connectivity index (χ3v) is 3.99. The first kappa shape index (κ1) is 12.9. The third kappa shape index (κ3) is 2.48. The van der Waals surface area contributed by atoms with Crippen molar-refractivity contribution in [3.05, 3.63) is 39.5 Å². The Labute approximate surface area is 119 Å². The highest BCUT2D eigenvalue weighted by molar-refractivity contribution is 9.10. The Morgan fingerprint density at radius 2 is 2.32 bits per heavy atom. The summed E-state index contributed by atoms with van der Waals surface area (Å²) in [6.07, 6.45) is 0.959. The lowest BCUT2D eigenvalue weighted by atomic mass is 10.1. The highest BCUT2D eigenvalue weighted by Gasteiger charge is 2.23. The van der Waals surface area contributed by atoms with Crippen LogP contribution in [-0.4, -0.2) is 26.3 Å². The number of hydrogen-bond acceptors (Lipinski definition) is 4. The molecule has 6 heteroatoms. The summed E-state index contributed by atoms with van der Waals surface area (Å²) in [5, 5.41) is 13.7. The van der Waals surface area contributed by atoms with Crippen molar-refractivity contribution in [1.82, 2.24) is 14.7 Å². The summed E-state index contributed by atoms with van der Waals surface area (Å²) in [5.74, 6) is 0.949. The number of rotatable bonds is 3. The average molecular weight is 326 g/mol. The number of aliphatic hydroxyl groups is 1. The van der Waals surface area contributed by atoms with E-state index in [9.17, 15) is 5.11 Å². The van der Waals surface area contributed by atoms with Gasteiger partial charge in [-0.05, 0) is 28.1 Å². The molecule has 0 aromatic carbocycles. The van der Waals surface area contributed by atoms with Gasteiger partial charge in [-0.1, -0.05) is 0 Å². The minimum absolute atomic E-state index is 0.00329. The van der Waals surface area contributed by atoms with Crippen LogP contribution in [0.4, 0.5) is 0 Å². The zero-order valence-electron chi connectivity index (χ0n) is 10.8. The van der Waals surface area contributed by atoms with Crippen LogP contribution in [0.1, 0.15) is 22.7 Å². The van der Waals surface area contributed by atoms with Crippen LogP contribution in [0, 0.1) is 0 Å². The van der Waals surface area contributed by atoms with Gasteiger partial charge in [0.2, 0.25) is 0 Å². The van der Waals surface area contributed by atoms with Crippen LogP contribution in [0.2, 0.25) is 0 Å². The van der Waals surface area contributed by atoms with E-state index in [0.717, 1.165) is 42.2 Å². The molecule has 0 atom stereocenters. The molecule has 0 saturated heterocycles. The molecule has 0 spiro atoms. The Morgan fingerprint density at radius 3 is 3.00 bits per heavy atom. The Morgan fingerprint density at radius 1 is 1.47 bits per heavy atom. The van der Waals surface area contributed by atoms with Gasteiger partial charge in [-0.2, -0.15) is 5.10 Å². The van der Waals surface area contributed by atoms with Gasteiger partial charge in [0, 0.05) is 37.8 Å². The molecule has 1 N–H and O–H groups in total. The van der Waals surface area contributed by atoms with E-state index >= 15 is 0 Å². The zero-order chi connectivity index (χ0) is 13.4. The minimum atomic E-state index is 0.00329. The van der Waals surface area contributed by atoms with Crippen molar-refractivity contribution >= 4 is 15.9 Å². The van der Waals surface area contributed by atoms with Crippen molar-refractivity contribution < 1.29 is 9.52 Å². The standard InChI is InChI=1S/C13H16BrN3O2/c1-16-12-4-5-17(6-9-2-3-13(14)19-9)7-10(12)11(8-18)15-16/h2-3,18H,4-8H2,1H3. The molecule has 1 aliphatic heterocycles. The van der Waals surface area contributed by atoms with Gasteiger partial charge < -0.3 is 9.52 Å². The molecule has 0 unspecified atom stereocenters. The van der Waals surface area contributed by atoms with Crippen molar-refractivity contribution in [1.29, 1.82) is 0 Å².